The van der Waals surface area contributed by atoms with E-state index in [1.54, 1.807) is 12.1 Å². The van der Waals surface area contributed by atoms with Crippen LogP contribution in [0.1, 0.15) is 15.9 Å². The Bertz CT molecular complexity index is 1270. The van der Waals surface area contributed by atoms with Crippen molar-refractivity contribution >= 4 is 61.7 Å². The number of nitrogens with one attached hydrogen (secondary N) is 2. The third-order valence-electron chi connectivity index (χ3n) is 4.67. The molecule has 0 unspecified atom stereocenters. The average molecular weight is 538 g/mol. The van der Waals surface area contributed by atoms with Crippen molar-refractivity contribution in [2.45, 2.75) is 11.8 Å². The van der Waals surface area contributed by atoms with Gasteiger partial charge in [0.2, 0.25) is 5.91 Å². The molecular weight excluding hydrogens is 518 g/mol. The molecule has 0 aliphatic carbocycles. The molecule has 8 heteroatoms. The Morgan fingerprint density at radius 3 is 2.52 bits per heavy atom. The molecule has 0 saturated carbocycles. The van der Waals surface area contributed by atoms with E-state index in [0.29, 0.717) is 16.4 Å². The van der Waals surface area contributed by atoms with Gasteiger partial charge in [-0.2, -0.15) is 0 Å². The molecule has 4 rings (SSSR count). The second-order valence-corrected chi connectivity index (χ2v) is 10.1. The number of carbonyl (C=O) groups is 2. The fourth-order valence-electron chi connectivity index (χ4n) is 2.96. The zero-order valence-electron chi connectivity index (χ0n) is 17.7. The summed E-state index contributed by atoms with van der Waals surface area (Å²) in [4.78, 5) is 30.2. The molecule has 0 bridgehead atoms. The highest BCUT2D eigenvalue weighted by Gasteiger charge is 2.10. The van der Waals surface area contributed by atoms with Gasteiger partial charge in [-0.3, -0.25) is 9.59 Å². The lowest BCUT2D eigenvalue weighted by molar-refractivity contribution is -0.113. The van der Waals surface area contributed by atoms with E-state index in [1.165, 1.54) is 23.1 Å². The molecule has 0 atom stereocenters. The first-order chi connectivity index (χ1) is 16.0. The Morgan fingerprint density at radius 1 is 1.00 bits per heavy atom. The fourth-order valence-corrected chi connectivity index (χ4v) is 4.72. The number of hydrogen-bond acceptors (Lipinski definition) is 5. The number of benzene rings is 3. The van der Waals surface area contributed by atoms with Crippen LogP contribution in [0.15, 0.2) is 87.5 Å². The minimum absolute atomic E-state index is 0.134. The maximum atomic E-state index is 12.4. The monoisotopic (exact) mass is 537 g/mol. The molecule has 0 saturated heterocycles. The highest BCUT2D eigenvalue weighted by molar-refractivity contribution is 9.10. The minimum atomic E-state index is -0.166. The van der Waals surface area contributed by atoms with Gasteiger partial charge in [-0.15, -0.1) is 23.1 Å². The van der Waals surface area contributed by atoms with Gasteiger partial charge >= 0.3 is 0 Å². The zero-order valence-corrected chi connectivity index (χ0v) is 20.9. The van der Waals surface area contributed by atoms with Gasteiger partial charge in [0.15, 0.2) is 5.13 Å². The predicted octanol–water partition coefficient (Wildman–Crippen LogP) is 6.86. The smallest absolute Gasteiger partial charge is 0.255 e. The molecule has 0 aliphatic heterocycles. The first-order valence-corrected chi connectivity index (χ1v) is 12.7. The number of thiazole rings is 1. The molecule has 1 heterocycles. The molecule has 5 nitrogen and oxygen atoms in total. The third kappa shape index (κ3) is 6.54. The molecule has 166 valence electrons. The molecule has 33 heavy (non-hydrogen) atoms. The molecule has 1 aromatic heterocycles. The van der Waals surface area contributed by atoms with Gasteiger partial charge in [0.25, 0.3) is 5.91 Å². The van der Waals surface area contributed by atoms with Crippen molar-refractivity contribution < 1.29 is 9.59 Å². The summed E-state index contributed by atoms with van der Waals surface area (Å²) in [6, 6.07) is 22.7. The van der Waals surface area contributed by atoms with Crippen LogP contribution in [0.25, 0.3) is 11.3 Å². The summed E-state index contributed by atoms with van der Waals surface area (Å²) in [5.41, 5.74) is 4.21. The number of nitrogens with zero attached hydrogens (tertiary/aromatic N) is 1. The lowest BCUT2D eigenvalue weighted by Crippen LogP contribution is -2.14. The van der Waals surface area contributed by atoms with Crippen molar-refractivity contribution in [2.24, 2.45) is 0 Å². The summed E-state index contributed by atoms with van der Waals surface area (Å²) in [6.07, 6.45) is 0. The normalized spacial score (nSPS) is 10.6. The number of aryl methyl sites for hydroxylation is 1. The number of carbonyl (C=O) groups excluding carboxylic acids is 2. The average Bonchev–Trinajstić information content (AvgIpc) is 3.27. The second kappa shape index (κ2) is 10.8. The van der Waals surface area contributed by atoms with Crippen LogP contribution in [0, 0.1) is 6.92 Å². The Kier molecular flexibility index (Phi) is 7.59. The van der Waals surface area contributed by atoms with E-state index in [4.69, 9.17) is 0 Å². The number of hydrogen-bond donors (Lipinski definition) is 2. The van der Waals surface area contributed by atoms with E-state index < -0.39 is 0 Å². The topological polar surface area (TPSA) is 71.1 Å². The standard InChI is InChI=1S/C25H20BrN3O2S2/c1-16-5-7-18(8-6-16)24(31)27-20-3-2-4-21(13-20)32-15-23(30)29-25-28-22(14-33-25)17-9-11-19(26)12-10-17/h2-14H,15H2,1H3,(H,27,31)(H,28,29,30). The molecular formula is C25H20BrN3O2S2. The van der Waals surface area contributed by atoms with Crippen molar-refractivity contribution in [1.82, 2.24) is 4.98 Å². The first kappa shape index (κ1) is 23.2. The van der Waals surface area contributed by atoms with E-state index in [0.717, 1.165) is 26.2 Å². The summed E-state index contributed by atoms with van der Waals surface area (Å²) < 4.78 is 1.01. The Hall–Kier alpha value is -2.94. The van der Waals surface area contributed by atoms with Crippen LogP contribution in [0.4, 0.5) is 10.8 Å². The molecule has 3 aromatic carbocycles. The van der Waals surface area contributed by atoms with Crippen LogP contribution < -0.4 is 10.6 Å². The van der Waals surface area contributed by atoms with Gasteiger partial charge in [0.05, 0.1) is 11.4 Å². The van der Waals surface area contributed by atoms with Gasteiger partial charge in [-0.25, -0.2) is 4.98 Å². The number of thioether (sulfide) groups is 1. The summed E-state index contributed by atoms with van der Waals surface area (Å²) in [5.74, 6) is -0.0613. The Labute approximate surface area is 208 Å². The van der Waals surface area contributed by atoms with Crippen molar-refractivity contribution in [3.05, 3.63) is 93.8 Å². The fraction of sp³-hybridized carbons (Fsp3) is 0.0800. The van der Waals surface area contributed by atoms with Crippen molar-refractivity contribution in [2.75, 3.05) is 16.4 Å². The summed E-state index contributed by atoms with van der Waals surface area (Å²) in [5, 5.41) is 8.25. The number of anilines is 2. The van der Waals surface area contributed by atoms with Crippen LogP contribution in [0.3, 0.4) is 0 Å². The van der Waals surface area contributed by atoms with E-state index >= 15 is 0 Å². The van der Waals surface area contributed by atoms with Crippen LogP contribution in [-0.2, 0) is 4.79 Å². The Morgan fingerprint density at radius 2 is 1.76 bits per heavy atom. The van der Waals surface area contributed by atoms with Gasteiger partial charge in [0.1, 0.15) is 0 Å². The summed E-state index contributed by atoms with van der Waals surface area (Å²) >= 11 is 6.22. The van der Waals surface area contributed by atoms with Gasteiger partial charge < -0.3 is 10.6 Å². The highest BCUT2D eigenvalue weighted by Crippen LogP contribution is 2.27. The van der Waals surface area contributed by atoms with Gasteiger partial charge in [-0.05, 0) is 49.4 Å². The number of halogens is 1. The van der Waals surface area contributed by atoms with E-state index in [-0.39, 0.29) is 17.6 Å². The Balaban J connectivity index is 1.31. The molecule has 2 amide bonds. The quantitative estimate of drug-likeness (QED) is 0.252. The lowest BCUT2D eigenvalue weighted by Gasteiger charge is -2.08. The third-order valence-corrected chi connectivity index (χ3v) is 6.95. The van der Waals surface area contributed by atoms with E-state index in [1.807, 2.05) is 73.0 Å². The van der Waals surface area contributed by atoms with E-state index in [9.17, 15) is 9.59 Å². The minimum Gasteiger partial charge on any atom is -0.322 e. The molecule has 0 aliphatic rings. The number of amides is 2. The molecule has 0 radical (unpaired) electrons. The maximum absolute atomic E-state index is 12.4. The summed E-state index contributed by atoms with van der Waals surface area (Å²) in [6.45, 7) is 1.98. The zero-order chi connectivity index (χ0) is 23.2. The largest absolute Gasteiger partial charge is 0.322 e. The number of rotatable bonds is 7. The SMILES string of the molecule is Cc1ccc(C(=O)Nc2cccc(SCC(=O)Nc3nc(-c4ccc(Br)cc4)cs3)c2)cc1. The molecule has 0 fully saturated rings. The van der Waals surface area contributed by atoms with Crippen molar-refractivity contribution in [3.8, 4) is 11.3 Å². The molecule has 0 spiro atoms. The molecule has 2 N–H and O–H groups in total. The lowest BCUT2D eigenvalue weighted by atomic mass is 10.1. The molecule has 4 aromatic rings. The first-order valence-electron chi connectivity index (χ1n) is 10.1. The van der Waals surface area contributed by atoms with Crippen molar-refractivity contribution in [1.29, 1.82) is 0 Å². The van der Waals surface area contributed by atoms with Crippen LogP contribution in [0.5, 0.6) is 0 Å². The summed E-state index contributed by atoms with van der Waals surface area (Å²) in [7, 11) is 0. The van der Waals surface area contributed by atoms with Crippen LogP contribution in [0.2, 0.25) is 0 Å². The second-order valence-electron chi connectivity index (χ2n) is 7.23. The van der Waals surface area contributed by atoms with Crippen molar-refractivity contribution in [3.63, 3.8) is 0 Å². The van der Waals surface area contributed by atoms with Gasteiger partial charge in [0, 0.05) is 31.6 Å². The maximum Gasteiger partial charge on any atom is 0.255 e. The predicted molar refractivity (Wildman–Crippen MR) is 140 cm³/mol. The highest BCUT2D eigenvalue weighted by atomic mass is 79.9. The van der Waals surface area contributed by atoms with Crippen LogP contribution in [-0.4, -0.2) is 22.6 Å². The van der Waals surface area contributed by atoms with Gasteiger partial charge in [-0.1, -0.05) is 51.8 Å². The van der Waals surface area contributed by atoms with Crippen LogP contribution >= 0.6 is 39.0 Å². The number of aromatic nitrogens is 1. The van der Waals surface area contributed by atoms with E-state index in [2.05, 4.69) is 31.5 Å².